The average Bonchev–Trinajstić information content (AvgIpc) is 2.21. The van der Waals surface area contributed by atoms with Crippen molar-refractivity contribution in [3.63, 3.8) is 0 Å². The number of pyridine rings is 1. The van der Waals surface area contributed by atoms with Crippen molar-refractivity contribution < 1.29 is 14.6 Å². The van der Waals surface area contributed by atoms with Crippen molar-refractivity contribution in [2.75, 3.05) is 11.6 Å². The summed E-state index contributed by atoms with van der Waals surface area (Å²) in [7, 11) is 0. The van der Waals surface area contributed by atoms with Crippen LogP contribution in [0.5, 0.6) is 0 Å². The van der Waals surface area contributed by atoms with Gasteiger partial charge in [0.1, 0.15) is 6.10 Å². The van der Waals surface area contributed by atoms with Gasteiger partial charge in [-0.3, -0.25) is 0 Å². The van der Waals surface area contributed by atoms with Gasteiger partial charge < -0.3 is 15.9 Å². The predicted octanol–water partition coefficient (Wildman–Crippen LogP) is 0.826. The Morgan fingerprint density at radius 2 is 2.20 bits per heavy atom. The van der Waals surface area contributed by atoms with Crippen LogP contribution in [-0.2, 0) is 0 Å². The van der Waals surface area contributed by atoms with E-state index in [1.165, 1.54) is 6.07 Å². The van der Waals surface area contributed by atoms with Crippen LogP contribution in [0.3, 0.4) is 0 Å². The Bertz CT molecular complexity index is 338. The first-order valence-electron chi connectivity index (χ1n) is 4.39. The molecule has 0 saturated heterocycles. The van der Waals surface area contributed by atoms with Gasteiger partial charge in [0.2, 0.25) is 5.95 Å². The van der Waals surface area contributed by atoms with Crippen molar-refractivity contribution in [1.29, 1.82) is 0 Å². The van der Waals surface area contributed by atoms with Crippen LogP contribution in [-0.4, -0.2) is 27.2 Å². The van der Waals surface area contributed by atoms with E-state index in [0.29, 0.717) is 0 Å². The Hall–Kier alpha value is -0.910. The Kier molecular flexibility index (Phi) is 4.26. The Morgan fingerprint density at radius 1 is 1.53 bits per heavy atom. The maximum Gasteiger partial charge on any atom is 0.236 e. The van der Waals surface area contributed by atoms with Crippen molar-refractivity contribution >= 4 is 17.3 Å². The van der Waals surface area contributed by atoms with E-state index in [4.69, 9.17) is 17.3 Å². The lowest BCUT2D eigenvalue weighted by Crippen LogP contribution is -2.19. The molecule has 1 aromatic rings. The molecule has 0 aliphatic rings. The van der Waals surface area contributed by atoms with E-state index in [9.17, 15) is 14.6 Å². The van der Waals surface area contributed by atoms with E-state index in [1.807, 2.05) is 0 Å². The smallest absolute Gasteiger partial charge is 0.236 e. The van der Waals surface area contributed by atoms with Gasteiger partial charge >= 0.3 is 0 Å². The maximum atomic E-state index is 12.7. The molecule has 1 heterocycles. The van der Waals surface area contributed by atoms with Crippen molar-refractivity contribution in [3.05, 3.63) is 23.8 Å². The number of hydrogen-bond donors (Lipinski definition) is 3. The summed E-state index contributed by atoms with van der Waals surface area (Å²) in [6, 6.07) is 1.24. The Labute approximate surface area is 91.5 Å². The first-order valence-corrected chi connectivity index (χ1v) is 4.92. The molecule has 0 amide bonds. The highest BCUT2D eigenvalue weighted by molar-refractivity contribution is 6.17. The van der Waals surface area contributed by atoms with Crippen LogP contribution >= 0.6 is 11.6 Å². The van der Waals surface area contributed by atoms with Crippen LogP contribution in [0.4, 0.5) is 10.1 Å². The molecule has 2 unspecified atom stereocenters. The van der Waals surface area contributed by atoms with Gasteiger partial charge in [-0.1, -0.05) is 0 Å². The minimum absolute atomic E-state index is 0.162. The standard InChI is InChI=1S/C9H12ClFN2O2/c10-2-1-7(14)8(15)5-3-6(12)9(11)13-4-5/h3-4,7-8,14-15H,1-2,12H2. The molecule has 2 atom stereocenters. The van der Waals surface area contributed by atoms with Gasteiger partial charge in [-0.2, -0.15) is 4.39 Å². The van der Waals surface area contributed by atoms with E-state index in [2.05, 4.69) is 4.98 Å². The number of hydrogen-bond acceptors (Lipinski definition) is 4. The molecule has 0 aromatic carbocycles. The van der Waals surface area contributed by atoms with Gasteiger partial charge in [0.05, 0.1) is 11.8 Å². The zero-order valence-electron chi connectivity index (χ0n) is 7.90. The number of nitrogens with two attached hydrogens (primary N) is 1. The van der Waals surface area contributed by atoms with E-state index < -0.39 is 18.2 Å². The zero-order valence-corrected chi connectivity index (χ0v) is 8.65. The van der Waals surface area contributed by atoms with Crippen LogP contribution in [0.1, 0.15) is 18.1 Å². The molecule has 0 aliphatic heterocycles. The number of nitrogen functional groups attached to an aromatic ring is 1. The highest BCUT2D eigenvalue weighted by Gasteiger charge is 2.19. The van der Waals surface area contributed by atoms with Gasteiger partial charge in [0, 0.05) is 17.6 Å². The Balaban J connectivity index is 2.81. The molecule has 15 heavy (non-hydrogen) atoms. The topological polar surface area (TPSA) is 79.4 Å². The normalized spacial score (nSPS) is 14.9. The molecular formula is C9H12ClFN2O2. The molecule has 1 aromatic heterocycles. The first-order chi connectivity index (χ1) is 7.06. The number of anilines is 1. The lowest BCUT2D eigenvalue weighted by Gasteiger charge is -2.16. The highest BCUT2D eigenvalue weighted by atomic mass is 35.5. The molecule has 0 fully saturated rings. The fourth-order valence-electron chi connectivity index (χ4n) is 1.14. The van der Waals surface area contributed by atoms with Gasteiger partial charge in [0.15, 0.2) is 0 Å². The number of aliphatic hydroxyl groups excluding tert-OH is 2. The lowest BCUT2D eigenvalue weighted by molar-refractivity contribution is 0.0168. The summed E-state index contributed by atoms with van der Waals surface area (Å²) >= 11 is 5.41. The summed E-state index contributed by atoms with van der Waals surface area (Å²) < 4.78 is 12.7. The second-order valence-corrected chi connectivity index (χ2v) is 3.52. The largest absolute Gasteiger partial charge is 0.395 e. The second kappa shape index (κ2) is 5.25. The summed E-state index contributed by atoms with van der Waals surface area (Å²) in [5.74, 6) is -0.569. The van der Waals surface area contributed by atoms with E-state index in [1.54, 1.807) is 0 Å². The number of nitrogens with zero attached hydrogens (tertiary/aromatic N) is 1. The highest BCUT2D eigenvalue weighted by Crippen LogP contribution is 2.21. The van der Waals surface area contributed by atoms with Crippen LogP contribution in [0.25, 0.3) is 0 Å². The number of aliphatic hydroxyl groups is 2. The number of halogens is 2. The molecule has 84 valence electrons. The number of aromatic nitrogens is 1. The van der Waals surface area contributed by atoms with Crippen LogP contribution < -0.4 is 5.73 Å². The van der Waals surface area contributed by atoms with E-state index in [-0.39, 0.29) is 23.6 Å². The zero-order chi connectivity index (χ0) is 11.4. The SMILES string of the molecule is Nc1cc(C(O)C(O)CCCl)cnc1F. The number of rotatable bonds is 4. The van der Waals surface area contributed by atoms with Gasteiger partial charge in [-0.05, 0) is 12.5 Å². The van der Waals surface area contributed by atoms with Crippen LogP contribution in [0.15, 0.2) is 12.3 Å². The minimum Gasteiger partial charge on any atom is -0.395 e. The average molecular weight is 235 g/mol. The molecular weight excluding hydrogens is 223 g/mol. The molecule has 6 heteroatoms. The Morgan fingerprint density at radius 3 is 2.73 bits per heavy atom. The van der Waals surface area contributed by atoms with Crippen molar-refractivity contribution in [2.24, 2.45) is 0 Å². The van der Waals surface area contributed by atoms with E-state index in [0.717, 1.165) is 6.20 Å². The summed E-state index contributed by atoms with van der Waals surface area (Å²) in [6.45, 7) is 0. The first kappa shape index (κ1) is 12.2. The summed E-state index contributed by atoms with van der Waals surface area (Å²) in [6.07, 6.45) is -0.790. The molecule has 0 spiro atoms. The quantitative estimate of drug-likeness (QED) is 0.533. The van der Waals surface area contributed by atoms with Gasteiger partial charge in [-0.25, -0.2) is 4.98 Å². The maximum absolute atomic E-state index is 12.7. The molecule has 0 aliphatic carbocycles. The fourth-order valence-corrected chi connectivity index (χ4v) is 1.36. The van der Waals surface area contributed by atoms with Crippen LogP contribution in [0.2, 0.25) is 0 Å². The molecule has 0 saturated carbocycles. The van der Waals surface area contributed by atoms with E-state index >= 15 is 0 Å². The summed E-state index contributed by atoms with van der Waals surface area (Å²) in [4.78, 5) is 3.35. The molecule has 4 N–H and O–H groups in total. The summed E-state index contributed by atoms with van der Waals surface area (Å²) in [5.41, 5.74) is 5.38. The summed E-state index contributed by atoms with van der Waals surface area (Å²) in [5, 5.41) is 19.0. The third kappa shape index (κ3) is 3.02. The van der Waals surface area contributed by atoms with Crippen LogP contribution in [0, 0.1) is 5.95 Å². The lowest BCUT2D eigenvalue weighted by atomic mass is 10.0. The molecule has 0 radical (unpaired) electrons. The molecule has 1 rings (SSSR count). The third-order valence-corrected chi connectivity index (χ3v) is 2.22. The fraction of sp³-hybridized carbons (Fsp3) is 0.444. The minimum atomic E-state index is -1.15. The monoisotopic (exact) mass is 234 g/mol. The molecule has 0 bridgehead atoms. The molecule has 4 nitrogen and oxygen atoms in total. The predicted molar refractivity (Wildman–Crippen MR) is 54.9 cm³/mol. The second-order valence-electron chi connectivity index (χ2n) is 3.14. The third-order valence-electron chi connectivity index (χ3n) is 2.00. The van der Waals surface area contributed by atoms with Crippen molar-refractivity contribution in [3.8, 4) is 0 Å². The van der Waals surface area contributed by atoms with Crippen molar-refractivity contribution in [1.82, 2.24) is 4.98 Å². The van der Waals surface area contributed by atoms with Gasteiger partial charge in [0.25, 0.3) is 0 Å². The number of alkyl halides is 1. The van der Waals surface area contributed by atoms with Gasteiger partial charge in [-0.15, -0.1) is 11.6 Å². The van der Waals surface area contributed by atoms with Crippen molar-refractivity contribution in [2.45, 2.75) is 18.6 Å².